The number of nitrogens with zero attached hydrogens (tertiary/aromatic N) is 2. The predicted octanol–water partition coefficient (Wildman–Crippen LogP) is 2.59. The van der Waals surface area contributed by atoms with Gasteiger partial charge in [0.25, 0.3) is 0 Å². The van der Waals surface area contributed by atoms with Crippen molar-refractivity contribution < 1.29 is 9.26 Å². The van der Waals surface area contributed by atoms with Crippen molar-refractivity contribution in [3.63, 3.8) is 0 Å². The average Bonchev–Trinajstić information content (AvgIpc) is 2.87. The quantitative estimate of drug-likeness (QED) is 0.878. The van der Waals surface area contributed by atoms with Crippen LogP contribution in [0.4, 0.5) is 0 Å². The van der Waals surface area contributed by atoms with E-state index in [0.717, 1.165) is 29.8 Å². The maximum absolute atomic E-state index is 5.38. The molecule has 1 atom stereocenters. The van der Waals surface area contributed by atoms with Crippen LogP contribution in [0, 0.1) is 6.92 Å². The number of aryl methyl sites for hydroxylation is 1. The lowest BCUT2D eigenvalue weighted by Crippen LogP contribution is -2.27. The van der Waals surface area contributed by atoms with Crippen LogP contribution >= 0.6 is 0 Å². The van der Waals surface area contributed by atoms with Gasteiger partial charge in [-0.1, -0.05) is 18.1 Å². The van der Waals surface area contributed by atoms with E-state index < -0.39 is 0 Å². The Bertz CT molecular complexity index is 566. The molecule has 1 aromatic carbocycles. The normalized spacial score (nSPS) is 12.4. The van der Waals surface area contributed by atoms with E-state index in [9.17, 15) is 0 Å². The van der Waals surface area contributed by atoms with Gasteiger partial charge >= 0.3 is 0 Å². The molecule has 0 aliphatic heterocycles. The summed E-state index contributed by atoms with van der Waals surface area (Å²) in [6.45, 7) is 7.12. The fraction of sp³-hybridized carbons (Fsp3) is 0.467. The molecule has 20 heavy (non-hydrogen) atoms. The molecule has 0 aliphatic carbocycles. The van der Waals surface area contributed by atoms with E-state index in [1.54, 1.807) is 7.11 Å². The molecule has 0 saturated carbocycles. The van der Waals surface area contributed by atoms with Gasteiger partial charge < -0.3 is 14.6 Å². The zero-order valence-corrected chi connectivity index (χ0v) is 12.4. The first-order valence-corrected chi connectivity index (χ1v) is 6.85. The second-order valence-electron chi connectivity index (χ2n) is 4.88. The third-order valence-electron chi connectivity index (χ3n) is 3.10. The average molecular weight is 275 g/mol. The van der Waals surface area contributed by atoms with Gasteiger partial charge in [-0.3, -0.25) is 0 Å². The highest BCUT2D eigenvalue weighted by atomic mass is 16.5. The van der Waals surface area contributed by atoms with Crippen molar-refractivity contribution in [1.82, 2.24) is 15.5 Å². The third-order valence-corrected chi connectivity index (χ3v) is 3.10. The van der Waals surface area contributed by atoms with Crippen LogP contribution in [-0.4, -0.2) is 29.8 Å². The van der Waals surface area contributed by atoms with E-state index in [-0.39, 0.29) is 0 Å². The van der Waals surface area contributed by atoms with E-state index >= 15 is 0 Å². The number of hydrogen-bond acceptors (Lipinski definition) is 5. The molecule has 2 rings (SSSR count). The largest absolute Gasteiger partial charge is 0.496 e. The van der Waals surface area contributed by atoms with Gasteiger partial charge in [-0.15, -0.1) is 0 Å². The van der Waals surface area contributed by atoms with Crippen LogP contribution in [0.25, 0.3) is 11.4 Å². The van der Waals surface area contributed by atoms with E-state index in [0.29, 0.717) is 17.8 Å². The van der Waals surface area contributed by atoms with Crippen molar-refractivity contribution in [3.05, 3.63) is 29.7 Å². The number of aromatic nitrogens is 2. The Morgan fingerprint density at radius 1 is 1.40 bits per heavy atom. The minimum absolute atomic E-state index is 0.313. The van der Waals surface area contributed by atoms with Crippen LogP contribution in [0.5, 0.6) is 5.75 Å². The highest BCUT2D eigenvalue weighted by Gasteiger charge is 2.14. The summed E-state index contributed by atoms with van der Waals surface area (Å²) in [5.41, 5.74) is 1.99. The smallest absolute Gasteiger partial charge is 0.228 e. The molecule has 1 N–H and O–H groups in total. The van der Waals surface area contributed by atoms with Crippen molar-refractivity contribution in [2.45, 2.75) is 33.2 Å². The van der Waals surface area contributed by atoms with Gasteiger partial charge in [0.2, 0.25) is 11.7 Å². The summed E-state index contributed by atoms with van der Waals surface area (Å²) in [7, 11) is 1.65. The van der Waals surface area contributed by atoms with Crippen LogP contribution in [0.2, 0.25) is 0 Å². The molecule has 0 amide bonds. The van der Waals surface area contributed by atoms with Crippen LogP contribution in [-0.2, 0) is 6.42 Å². The standard InChI is InChI=1S/C15H21N3O2/c1-5-16-11(3)9-14-17-15(18-20-14)12-7-6-10(2)8-13(12)19-4/h6-8,11,16H,5,9H2,1-4H3. The van der Waals surface area contributed by atoms with Crippen molar-refractivity contribution >= 4 is 0 Å². The lowest BCUT2D eigenvalue weighted by Gasteiger charge is -2.08. The fourth-order valence-corrected chi connectivity index (χ4v) is 2.11. The van der Waals surface area contributed by atoms with Crippen molar-refractivity contribution in [2.24, 2.45) is 0 Å². The van der Waals surface area contributed by atoms with Gasteiger partial charge in [0.15, 0.2) is 0 Å². The minimum atomic E-state index is 0.313. The summed E-state index contributed by atoms with van der Waals surface area (Å²) in [4.78, 5) is 4.44. The van der Waals surface area contributed by atoms with E-state index in [2.05, 4.69) is 29.3 Å². The molecule has 0 aliphatic rings. The molecule has 0 saturated heterocycles. The minimum Gasteiger partial charge on any atom is -0.496 e. The van der Waals surface area contributed by atoms with Gasteiger partial charge in [-0.2, -0.15) is 4.98 Å². The maximum atomic E-state index is 5.38. The number of likely N-dealkylation sites (N-methyl/N-ethyl adjacent to an activating group) is 1. The Kier molecular flexibility index (Phi) is 4.74. The number of ether oxygens (including phenoxy) is 1. The SMILES string of the molecule is CCNC(C)Cc1nc(-c2ccc(C)cc2OC)no1. The molecule has 1 heterocycles. The summed E-state index contributed by atoms with van der Waals surface area (Å²) >= 11 is 0. The molecule has 5 nitrogen and oxygen atoms in total. The maximum Gasteiger partial charge on any atom is 0.228 e. The number of nitrogens with one attached hydrogen (secondary N) is 1. The molecule has 2 aromatic rings. The van der Waals surface area contributed by atoms with Crippen LogP contribution in [0.15, 0.2) is 22.7 Å². The molecule has 1 unspecified atom stereocenters. The Morgan fingerprint density at radius 3 is 2.90 bits per heavy atom. The van der Waals surface area contributed by atoms with Crippen LogP contribution in [0.3, 0.4) is 0 Å². The van der Waals surface area contributed by atoms with Crippen molar-refractivity contribution in [3.8, 4) is 17.1 Å². The second kappa shape index (κ2) is 6.52. The Balaban J connectivity index is 2.20. The molecule has 108 valence electrons. The highest BCUT2D eigenvalue weighted by molar-refractivity contribution is 5.64. The molecule has 0 spiro atoms. The first kappa shape index (κ1) is 14.5. The zero-order valence-electron chi connectivity index (χ0n) is 12.4. The van der Waals surface area contributed by atoms with Gasteiger partial charge in [0.05, 0.1) is 12.7 Å². The number of rotatable bonds is 6. The number of methoxy groups -OCH3 is 1. The Hall–Kier alpha value is -1.88. The Labute approximate surface area is 119 Å². The summed E-state index contributed by atoms with van der Waals surface area (Å²) in [6.07, 6.45) is 0.717. The molecular weight excluding hydrogens is 254 g/mol. The third kappa shape index (κ3) is 3.36. The molecule has 5 heteroatoms. The fourth-order valence-electron chi connectivity index (χ4n) is 2.11. The van der Waals surface area contributed by atoms with E-state index in [4.69, 9.17) is 9.26 Å². The molecule has 0 bridgehead atoms. The summed E-state index contributed by atoms with van der Waals surface area (Å²) < 4.78 is 10.7. The molecule has 0 fully saturated rings. The van der Waals surface area contributed by atoms with Crippen LogP contribution in [0.1, 0.15) is 25.3 Å². The van der Waals surface area contributed by atoms with Crippen molar-refractivity contribution in [1.29, 1.82) is 0 Å². The molecule has 0 radical (unpaired) electrons. The highest BCUT2D eigenvalue weighted by Crippen LogP contribution is 2.28. The Morgan fingerprint density at radius 2 is 2.20 bits per heavy atom. The second-order valence-corrected chi connectivity index (χ2v) is 4.88. The van der Waals surface area contributed by atoms with Crippen LogP contribution < -0.4 is 10.1 Å². The van der Waals surface area contributed by atoms with Gasteiger partial charge in [0.1, 0.15) is 5.75 Å². The zero-order chi connectivity index (χ0) is 14.5. The number of benzene rings is 1. The molecular formula is C15H21N3O2. The predicted molar refractivity (Wildman–Crippen MR) is 77.9 cm³/mol. The van der Waals surface area contributed by atoms with E-state index in [1.165, 1.54) is 0 Å². The van der Waals surface area contributed by atoms with E-state index in [1.807, 2.05) is 25.1 Å². The first-order valence-electron chi connectivity index (χ1n) is 6.85. The van der Waals surface area contributed by atoms with Gasteiger partial charge in [-0.25, -0.2) is 0 Å². The topological polar surface area (TPSA) is 60.2 Å². The first-order chi connectivity index (χ1) is 9.63. The summed E-state index contributed by atoms with van der Waals surface area (Å²) in [5, 5.41) is 7.36. The van der Waals surface area contributed by atoms with Crippen molar-refractivity contribution in [2.75, 3.05) is 13.7 Å². The van der Waals surface area contributed by atoms with Gasteiger partial charge in [0, 0.05) is 12.5 Å². The molecule has 1 aromatic heterocycles. The summed E-state index contributed by atoms with van der Waals surface area (Å²) in [6, 6.07) is 6.24. The van der Waals surface area contributed by atoms with Gasteiger partial charge in [-0.05, 0) is 38.1 Å². The lowest BCUT2D eigenvalue weighted by molar-refractivity contribution is 0.362. The lowest BCUT2D eigenvalue weighted by atomic mass is 10.1. The monoisotopic (exact) mass is 275 g/mol. The number of hydrogen-bond donors (Lipinski definition) is 1. The summed E-state index contributed by atoms with van der Waals surface area (Å²) in [5.74, 6) is 1.97.